The number of carbonyl (C=O) groups excluding carboxylic acids is 2. The normalized spacial score (nSPS) is 9.00. The Kier molecular flexibility index (Phi) is 5.38. The van der Waals surface area contributed by atoms with Crippen LogP contribution in [0.5, 0.6) is 0 Å². The number of hydrogen-bond donors (Lipinski definition) is 0. The minimum atomic E-state index is -0.639. The van der Waals surface area contributed by atoms with Crippen molar-refractivity contribution in [3.63, 3.8) is 0 Å². The Labute approximate surface area is 105 Å². The molecular weight excluding hydrogens is 232 g/mol. The third-order valence-corrected chi connectivity index (χ3v) is 1.94. The highest BCUT2D eigenvalue weighted by molar-refractivity contribution is 5.82. The van der Waals surface area contributed by atoms with Crippen LogP contribution in [-0.4, -0.2) is 11.9 Å². The van der Waals surface area contributed by atoms with Crippen molar-refractivity contribution in [2.75, 3.05) is 0 Å². The minimum Gasteiger partial charge on any atom is -0.248 e. The van der Waals surface area contributed by atoms with E-state index in [1.165, 1.54) is 10.8 Å². The molecule has 0 bridgehead atoms. The molecule has 18 heavy (non-hydrogen) atoms. The molecule has 0 saturated heterocycles. The van der Waals surface area contributed by atoms with E-state index in [0.29, 0.717) is 0 Å². The molecule has 0 aliphatic rings. The van der Waals surface area contributed by atoms with Gasteiger partial charge < -0.3 is 0 Å². The second-order valence-electron chi connectivity index (χ2n) is 3.50. The Bertz CT molecular complexity index is 455. The van der Waals surface area contributed by atoms with Crippen molar-refractivity contribution in [1.82, 2.24) is 0 Å². The van der Waals surface area contributed by atoms with Gasteiger partial charge in [-0.3, -0.25) is 0 Å². The molecule has 0 heterocycles. The summed E-state index contributed by atoms with van der Waals surface area (Å²) < 4.78 is 0. The molecular formula is C14H14O4. The summed E-state index contributed by atoms with van der Waals surface area (Å²) in [6, 6.07) is 16.7. The zero-order valence-electron chi connectivity index (χ0n) is 10.3. The fraction of sp³-hybridized carbons (Fsp3) is 0.143. The van der Waals surface area contributed by atoms with Crippen molar-refractivity contribution in [1.29, 1.82) is 0 Å². The van der Waals surface area contributed by atoms with E-state index in [2.05, 4.69) is 58.3 Å². The molecule has 94 valence electrons. The van der Waals surface area contributed by atoms with Crippen LogP contribution in [0, 0.1) is 0 Å². The molecule has 4 nitrogen and oxygen atoms in total. The second kappa shape index (κ2) is 7.06. The third kappa shape index (κ3) is 5.12. The fourth-order valence-electron chi connectivity index (χ4n) is 1.25. The lowest BCUT2D eigenvalue weighted by Gasteiger charge is -1.93. The average Bonchev–Trinajstić information content (AvgIpc) is 2.37. The maximum atomic E-state index is 9.85. The highest BCUT2D eigenvalue weighted by atomic mass is 17.2. The van der Waals surface area contributed by atoms with E-state index in [1.54, 1.807) is 0 Å². The van der Waals surface area contributed by atoms with Crippen LogP contribution in [0.1, 0.15) is 13.8 Å². The smallest absolute Gasteiger partial charge is 0.248 e. The minimum absolute atomic E-state index is 0.639. The molecule has 2 rings (SSSR count). The Hall–Kier alpha value is -2.36. The predicted octanol–water partition coefficient (Wildman–Crippen LogP) is 2.87. The summed E-state index contributed by atoms with van der Waals surface area (Å²) in [4.78, 5) is 27.3. The van der Waals surface area contributed by atoms with Gasteiger partial charge in [0, 0.05) is 13.8 Å². The lowest BCUT2D eigenvalue weighted by molar-refractivity contribution is -0.255. The Balaban J connectivity index is 0.000000187. The van der Waals surface area contributed by atoms with Crippen molar-refractivity contribution in [2.24, 2.45) is 0 Å². The van der Waals surface area contributed by atoms with E-state index in [1.807, 2.05) is 0 Å². The summed E-state index contributed by atoms with van der Waals surface area (Å²) in [6.45, 7) is 2.28. The molecule has 0 aromatic heterocycles. The number of fused-ring (bicyclic) bond motifs is 1. The zero-order chi connectivity index (χ0) is 13.4. The quantitative estimate of drug-likeness (QED) is 0.529. The van der Waals surface area contributed by atoms with Crippen LogP contribution in [0.25, 0.3) is 10.8 Å². The summed E-state index contributed by atoms with van der Waals surface area (Å²) in [6.07, 6.45) is 0. The molecule has 0 spiro atoms. The standard InChI is InChI=1S/C10H8.C4H6O4/c1-2-6-10-8-4-3-7-9(10)5-1;1-3(5)7-8-4(2)6/h1-8H;1-2H3. The molecule has 0 aliphatic carbocycles. The summed E-state index contributed by atoms with van der Waals surface area (Å²) in [7, 11) is 0. The van der Waals surface area contributed by atoms with Gasteiger partial charge in [-0.15, -0.1) is 0 Å². The molecule has 0 amide bonds. The molecule has 0 saturated carbocycles. The van der Waals surface area contributed by atoms with Crippen molar-refractivity contribution >= 4 is 22.7 Å². The first-order valence-corrected chi connectivity index (χ1v) is 5.39. The van der Waals surface area contributed by atoms with E-state index in [9.17, 15) is 9.59 Å². The van der Waals surface area contributed by atoms with Crippen LogP contribution in [0.3, 0.4) is 0 Å². The molecule has 2 aromatic rings. The van der Waals surface area contributed by atoms with E-state index in [0.717, 1.165) is 13.8 Å². The number of carbonyl (C=O) groups is 2. The first kappa shape index (κ1) is 13.7. The predicted molar refractivity (Wildman–Crippen MR) is 67.5 cm³/mol. The Morgan fingerprint density at radius 3 is 1.22 bits per heavy atom. The van der Waals surface area contributed by atoms with Gasteiger partial charge in [0.15, 0.2) is 0 Å². The monoisotopic (exact) mass is 246 g/mol. The zero-order valence-corrected chi connectivity index (χ0v) is 10.3. The van der Waals surface area contributed by atoms with Gasteiger partial charge in [-0.25, -0.2) is 19.4 Å². The van der Waals surface area contributed by atoms with Crippen LogP contribution in [-0.2, 0) is 19.4 Å². The van der Waals surface area contributed by atoms with Gasteiger partial charge in [-0.1, -0.05) is 48.5 Å². The van der Waals surface area contributed by atoms with Crippen LogP contribution in [0.4, 0.5) is 0 Å². The molecule has 0 atom stereocenters. The Morgan fingerprint density at radius 2 is 1.00 bits per heavy atom. The van der Waals surface area contributed by atoms with Crippen molar-refractivity contribution in [3.8, 4) is 0 Å². The van der Waals surface area contributed by atoms with E-state index in [-0.39, 0.29) is 0 Å². The van der Waals surface area contributed by atoms with Gasteiger partial charge in [0.25, 0.3) is 0 Å². The fourth-order valence-corrected chi connectivity index (χ4v) is 1.25. The van der Waals surface area contributed by atoms with Crippen LogP contribution < -0.4 is 0 Å². The van der Waals surface area contributed by atoms with Gasteiger partial charge >= 0.3 is 11.9 Å². The first-order chi connectivity index (χ1) is 8.59. The highest BCUT2D eigenvalue weighted by Gasteiger charge is 1.95. The number of rotatable bonds is 0. The van der Waals surface area contributed by atoms with Crippen LogP contribution in [0.2, 0.25) is 0 Å². The molecule has 4 heteroatoms. The highest BCUT2D eigenvalue weighted by Crippen LogP contribution is 2.11. The van der Waals surface area contributed by atoms with E-state index >= 15 is 0 Å². The summed E-state index contributed by atoms with van der Waals surface area (Å²) in [5, 5.41) is 2.62. The molecule has 0 radical (unpaired) electrons. The molecule has 0 fully saturated rings. The summed E-state index contributed by atoms with van der Waals surface area (Å²) in [5.41, 5.74) is 0. The number of hydrogen-bond acceptors (Lipinski definition) is 4. The van der Waals surface area contributed by atoms with Crippen LogP contribution >= 0.6 is 0 Å². The first-order valence-electron chi connectivity index (χ1n) is 5.39. The molecule has 0 unspecified atom stereocenters. The lowest BCUT2D eigenvalue weighted by Crippen LogP contribution is -2.03. The molecule has 0 N–H and O–H groups in total. The third-order valence-electron chi connectivity index (χ3n) is 1.94. The average molecular weight is 246 g/mol. The largest absolute Gasteiger partial charge is 0.352 e. The molecule has 0 aliphatic heterocycles. The van der Waals surface area contributed by atoms with E-state index < -0.39 is 11.9 Å². The van der Waals surface area contributed by atoms with Crippen molar-refractivity contribution in [3.05, 3.63) is 48.5 Å². The van der Waals surface area contributed by atoms with Crippen LogP contribution in [0.15, 0.2) is 48.5 Å². The summed E-state index contributed by atoms with van der Waals surface area (Å²) in [5.74, 6) is -1.28. The van der Waals surface area contributed by atoms with Gasteiger partial charge in [0.05, 0.1) is 0 Å². The number of benzene rings is 2. The van der Waals surface area contributed by atoms with Crippen molar-refractivity contribution < 1.29 is 19.4 Å². The topological polar surface area (TPSA) is 52.6 Å². The molecule has 2 aromatic carbocycles. The van der Waals surface area contributed by atoms with Gasteiger partial charge in [-0.2, -0.15) is 0 Å². The SMILES string of the molecule is CC(=O)OOC(C)=O.c1ccc2ccccc2c1. The van der Waals surface area contributed by atoms with E-state index in [4.69, 9.17) is 0 Å². The summed E-state index contributed by atoms with van der Waals surface area (Å²) >= 11 is 0. The van der Waals surface area contributed by atoms with Gasteiger partial charge in [0.2, 0.25) is 0 Å². The maximum Gasteiger partial charge on any atom is 0.352 e. The Morgan fingerprint density at radius 1 is 0.722 bits per heavy atom. The van der Waals surface area contributed by atoms with Gasteiger partial charge in [0.1, 0.15) is 0 Å². The maximum absolute atomic E-state index is 9.85. The second-order valence-corrected chi connectivity index (χ2v) is 3.50. The van der Waals surface area contributed by atoms with Crippen molar-refractivity contribution in [2.45, 2.75) is 13.8 Å². The lowest BCUT2D eigenvalue weighted by atomic mass is 10.1. The van der Waals surface area contributed by atoms with Gasteiger partial charge in [-0.05, 0) is 10.8 Å².